The molecule has 1 saturated heterocycles. The molecule has 8 heteroatoms. The quantitative estimate of drug-likeness (QED) is 0.424. The minimum atomic E-state index is 0.00815. The SMILES string of the molecule is CCNC(=NCCNC(=O)C(C)C)N1CCN(Cc2cc(C)on2)CC1. The molecule has 0 saturated carbocycles. The van der Waals surface area contributed by atoms with Crippen molar-refractivity contribution in [1.82, 2.24) is 25.6 Å². The van der Waals surface area contributed by atoms with Gasteiger partial charge in [0, 0.05) is 57.8 Å². The van der Waals surface area contributed by atoms with Crippen LogP contribution in [0.3, 0.4) is 0 Å². The zero-order chi connectivity index (χ0) is 18.9. The van der Waals surface area contributed by atoms with Gasteiger partial charge in [0.15, 0.2) is 5.96 Å². The van der Waals surface area contributed by atoms with Gasteiger partial charge in [-0.25, -0.2) is 0 Å². The first kappa shape index (κ1) is 20.2. The summed E-state index contributed by atoms with van der Waals surface area (Å²) < 4.78 is 5.14. The molecule has 0 aromatic carbocycles. The maximum Gasteiger partial charge on any atom is 0.222 e. The summed E-state index contributed by atoms with van der Waals surface area (Å²) in [6.45, 7) is 14.3. The van der Waals surface area contributed by atoms with Gasteiger partial charge in [0.05, 0.1) is 12.2 Å². The highest BCUT2D eigenvalue weighted by atomic mass is 16.5. The van der Waals surface area contributed by atoms with E-state index < -0.39 is 0 Å². The largest absolute Gasteiger partial charge is 0.361 e. The summed E-state index contributed by atoms with van der Waals surface area (Å²) in [7, 11) is 0. The van der Waals surface area contributed by atoms with Crippen LogP contribution < -0.4 is 10.6 Å². The number of nitrogens with zero attached hydrogens (tertiary/aromatic N) is 4. The summed E-state index contributed by atoms with van der Waals surface area (Å²) in [5.41, 5.74) is 0.984. The summed E-state index contributed by atoms with van der Waals surface area (Å²) in [6, 6.07) is 1.99. The molecule has 0 radical (unpaired) electrons. The molecular formula is C18H32N6O2. The van der Waals surface area contributed by atoms with Gasteiger partial charge >= 0.3 is 0 Å². The molecule has 2 heterocycles. The normalized spacial score (nSPS) is 16.2. The van der Waals surface area contributed by atoms with Crippen molar-refractivity contribution in [2.75, 3.05) is 45.8 Å². The van der Waals surface area contributed by atoms with Crippen molar-refractivity contribution >= 4 is 11.9 Å². The van der Waals surface area contributed by atoms with E-state index in [2.05, 4.69) is 37.5 Å². The first-order valence-electron chi connectivity index (χ1n) is 9.45. The fourth-order valence-corrected chi connectivity index (χ4v) is 2.81. The van der Waals surface area contributed by atoms with Gasteiger partial charge in [-0.3, -0.25) is 14.7 Å². The monoisotopic (exact) mass is 364 g/mol. The Labute approximate surface area is 156 Å². The molecular weight excluding hydrogens is 332 g/mol. The van der Waals surface area contributed by atoms with Gasteiger partial charge in [-0.1, -0.05) is 19.0 Å². The van der Waals surface area contributed by atoms with E-state index in [1.165, 1.54) is 0 Å². The van der Waals surface area contributed by atoms with E-state index in [9.17, 15) is 4.79 Å². The average molecular weight is 364 g/mol. The van der Waals surface area contributed by atoms with E-state index in [0.717, 1.165) is 56.7 Å². The second-order valence-corrected chi connectivity index (χ2v) is 6.87. The number of nitrogens with one attached hydrogen (secondary N) is 2. The number of guanidine groups is 1. The van der Waals surface area contributed by atoms with E-state index >= 15 is 0 Å². The molecule has 0 unspecified atom stereocenters. The first-order chi connectivity index (χ1) is 12.5. The van der Waals surface area contributed by atoms with Crippen LogP contribution in [0.5, 0.6) is 0 Å². The fourth-order valence-electron chi connectivity index (χ4n) is 2.81. The van der Waals surface area contributed by atoms with E-state index in [-0.39, 0.29) is 11.8 Å². The van der Waals surface area contributed by atoms with Crippen LogP contribution in [0.1, 0.15) is 32.2 Å². The van der Waals surface area contributed by atoms with Crippen molar-refractivity contribution in [2.45, 2.75) is 34.2 Å². The molecule has 0 aliphatic carbocycles. The predicted octanol–water partition coefficient (Wildman–Crippen LogP) is 0.838. The van der Waals surface area contributed by atoms with Gasteiger partial charge in [0.1, 0.15) is 5.76 Å². The van der Waals surface area contributed by atoms with Crippen molar-refractivity contribution in [2.24, 2.45) is 10.9 Å². The molecule has 146 valence electrons. The Morgan fingerprint density at radius 2 is 2.04 bits per heavy atom. The molecule has 1 aromatic heterocycles. The van der Waals surface area contributed by atoms with Crippen LogP contribution in [0.4, 0.5) is 0 Å². The van der Waals surface area contributed by atoms with Crippen molar-refractivity contribution in [1.29, 1.82) is 0 Å². The van der Waals surface area contributed by atoms with Crippen LogP contribution in [0.25, 0.3) is 0 Å². The molecule has 8 nitrogen and oxygen atoms in total. The highest BCUT2D eigenvalue weighted by Crippen LogP contribution is 2.09. The Kier molecular flexibility index (Phi) is 7.90. The van der Waals surface area contributed by atoms with Gasteiger partial charge in [-0.2, -0.15) is 0 Å². The van der Waals surface area contributed by atoms with Crippen LogP contribution in [0, 0.1) is 12.8 Å². The molecule has 1 amide bonds. The first-order valence-corrected chi connectivity index (χ1v) is 9.45. The smallest absolute Gasteiger partial charge is 0.222 e. The highest BCUT2D eigenvalue weighted by molar-refractivity contribution is 5.80. The topological polar surface area (TPSA) is 86.0 Å². The third-order valence-electron chi connectivity index (χ3n) is 4.27. The maximum atomic E-state index is 11.6. The number of hydrogen-bond donors (Lipinski definition) is 2. The van der Waals surface area contributed by atoms with Crippen LogP contribution in [-0.4, -0.2) is 72.6 Å². The summed E-state index contributed by atoms with van der Waals surface area (Å²) in [6.07, 6.45) is 0. The number of amides is 1. The zero-order valence-electron chi connectivity index (χ0n) is 16.4. The predicted molar refractivity (Wildman–Crippen MR) is 102 cm³/mol. The molecule has 0 bridgehead atoms. The Morgan fingerprint density at radius 1 is 1.31 bits per heavy atom. The average Bonchev–Trinajstić information content (AvgIpc) is 3.03. The third kappa shape index (κ3) is 6.33. The molecule has 2 N–H and O–H groups in total. The van der Waals surface area contributed by atoms with Crippen LogP contribution >= 0.6 is 0 Å². The lowest BCUT2D eigenvalue weighted by molar-refractivity contribution is -0.123. The Morgan fingerprint density at radius 3 is 2.62 bits per heavy atom. The molecule has 1 aliphatic heterocycles. The Hall–Kier alpha value is -2.09. The van der Waals surface area contributed by atoms with E-state index in [1.54, 1.807) is 0 Å². The van der Waals surface area contributed by atoms with Crippen LogP contribution in [-0.2, 0) is 11.3 Å². The number of aromatic nitrogens is 1. The number of carbonyl (C=O) groups excluding carboxylic acids is 1. The van der Waals surface area contributed by atoms with Crippen molar-refractivity contribution in [3.8, 4) is 0 Å². The van der Waals surface area contributed by atoms with Crippen LogP contribution in [0.15, 0.2) is 15.6 Å². The standard InChI is InChI=1S/C18H32N6O2/c1-5-19-18(21-7-6-20-17(25)14(2)3)24-10-8-23(9-11-24)13-16-12-15(4)26-22-16/h12,14H,5-11,13H2,1-4H3,(H,19,21)(H,20,25). The van der Waals surface area contributed by atoms with Gasteiger partial charge in [0.2, 0.25) is 5.91 Å². The fraction of sp³-hybridized carbons (Fsp3) is 0.722. The summed E-state index contributed by atoms with van der Waals surface area (Å²) in [5, 5.41) is 10.3. The third-order valence-corrected chi connectivity index (χ3v) is 4.27. The Balaban J connectivity index is 1.79. The number of aryl methyl sites for hydroxylation is 1. The molecule has 26 heavy (non-hydrogen) atoms. The van der Waals surface area contributed by atoms with E-state index in [1.807, 2.05) is 26.8 Å². The highest BCUT2D eigenvalue weighted by Gasteiger charge is 2.20. The number of rotatable bonds is 7. The van der Waals surface area contributed by atoms with Gasteiger partial charge in [-0.15, -0.1) is 0 Å². The van der Waals surface area contributed by atoms with Crippen molar-refractivity contribution in [3.05, 3.63) is 17.5 Å². The molecule has 0 spiro atoms. The maximum absolute atomic E-state index is 11.6. The summed E-state index contributed by atoms with van der Waals surface area (Å²) in [4.78, 5) is 20.9. The molecule has 2 rings (SSSR count). The number of hydrogen-bond acceptors (Lipinski definition) is 5. The second-order valence-electron chi connectivity index (χ2n) is 6.87. The summed E-state index contributed by atoms with van der Waals surface area (Å²) >= 11 is 0. The minimum absolute atomic E-state index is 0.00815. The lowest BCUT2D eigenvalue weighted by Gasteiger charge is -2.36. The molecule has 0 atom stereocenters. The number of carbonyl (C=O) groups is 1. The Bertz CT molecular complexity index is 590. The second kappa shape index (κ2) is 10.2. The van der Waals surface area contributed by atoms with Crippen molar-refractivity contribution < 1.29 is 9.32 Å². The van der Waals surface area contributed by atoms with E-state index in [4.69, 9.17) is 4.52 Å². The zero-order valence-corrected chi connectivity index (χ0v) is 16.4. The molecule has 1 aromatic rings. The van der Waals surface area contributed by atoms with E-state index in [0.29, 0.717) is 13.1 Å². The van der Waals surface area contributed by atoms with Crippen LogP contribution in [0.2, 0.25) is 0 Å². The number of piperazine rings is 1. The lowest BCUT2D eigenvalue weighted by Crippen LogP contribution is -2.52. The van der Waals surface area contributed by atoms with Gasteiger partial charge in [0.25, 0.3) is 0 Å². The summed E-state index contributed by atoms with van der Waals surface area (Å²) in [5.74, 6) is 1.85. The van der Waals surface area contributed by atoms with Gasteiger partial charge in [-0.05, 0) is 13.8 Å². The minimum Gasteiger partial charge on any atom is -0.361 e. The number of aliphatic imine (C=N–C) groups is 1. The van der Waals surface area contributed by atoms with Gasteiger partial charge < -0.3 is 20.1 Å². The van der Waals surface area contributed by atoms with Crippen molar-refractivity contribution in [3.63, 3.8) is 0 Å². The molecule has 1 fully saturated rings. The lowest BCUT2D eigenvalue weighted by atomic mass is 10.2. The molecule has 1 aliphatic rings.